The second-order valence-corrected chi connectivity index (χ2v) is 7.21. The molecule has 110 valence electrons. The van der Waals surface area contributed by atoms with Crippen LogP contribution in [0, 0.1) is 23.1 Å². The first-order valence-corrected chi connectivity index (χ1v) is 7.85. The molecule has 0 aliphatic carbocycles. The maximum Gasteiger partial charge on any atom is 0.243 e. The Morgan fingerprint density at radius 2 is 1.90 bits per heavy atom. The van der Waals surface area contributed by atoms with E-state index >= 15 is 0 Å². The predicted octanol–water partition coefficient (Wildman–Crippen LogP) is 2.75. The van der Waals surface area contributed by atoms with Crippen LogP contribution < -0.4 is 0 Å². The van der Waals surface area contributed by atoms with Crippen molar-refractivity contribution in [2.24, 2.45) is 5.92 Å². The van der Waals surface area contributed by atoms with Gasteiger partial charge in [0.15, 0.2) is 0 Å². The number of hydrogen-bond donors (Lipinski definition) is 0. The highest BCUT2D eigenvalue weighted by molar-refractivity contribution is 7.89. The molecular formula is C14H19FN2O2S. The average Bonchev–Trinajstić information content (AvgIpc) is 2.35. The van der Waals surface area contributed by atoms with Crippen molar-refractivity contribution in [1.82, 2.24) is 4.31 Å². The number of rotatable bonds is 5. The van der Waals surface area contributed by atoms with Crippen molar-refractivity contribution in [3.05, 3.63) is 29.6 Å². The van der Waals surface area contributed by atoms with Crippen molar-refractivity contribution in [1.29, 1.82) is 5.26 Å². The maximum absolute atomic E-state index is 13.3. The Kier molecular flexibility index (Phi) is 5.26. The van der Waals surface area contributed by atoms with Gasteiger partial charge in [0.2, 0.25) is 10.0 Å². The van der Waals surface area contributed by atoms with E-state index < -0.39 is 15.8 Å². The summed E-state index contributed by atoms with van der Waals surface area (Å²) in [5.41, 5.74) is -0.265. The van der Waals surface area contributed by atoms with Gasteiger partial charge in [-0.3, -0.25) is 0 Å². The van der Waals surface area contributed by atoms with Gasteiger partial charge in [-0.05, 0) is 38.0 Å². The van der Waals surface area contributed by atoms with Gasteiger partial charge in [0.1, 0.15) is 11.9 Å². The molecule has 6 heteroatoms. The third-order valence-electron chi connectivity index (χ3n) is 2.79. The Bertz CT molecular complexity index is 619. The zero-order valence-corrected chi connectivity index (χ0v) is 12.9. The van der Waals surface area contributed by atoms with E-state index in [-0.39, 0.29) is 22.4 Å². The van der Waals surface area contributed by atoms with Crippen molar-refractivity contribution >= 4 is 10.0 Å². The Hall–Kier alpha value is -1.45. The number of halogens is 1. The zero-order chi connectivity index (χ0) is 15.5. The molecule has 0 saturated heterocycles. The van der Waals surface area contributed by atoms with Crippen LogP contribution in [0.25, 0.3) is 0 Å². The lowest BCUT2D eigenvalue weighted by atomic mass is 10.2. The van der Waals surface area contributed by atoms with E-state index in [4.69, 9.17) is 5.26 Å². The van der Waals surface area contributed by atoms with E-state index in [0.717, 1.165) is 12.1 Å². The summed E-state index contributed by atoms with van der Waals surface area (Å²) in [6.45, 7) is 7.80. The third-order valence-corrected chi connectivity index (χ3v) is 4.82. The van der Waals surface area contributed by atoms with Crippen molar-refractivity contribution in [3.63, 3.8) is 0 Å². The Morgan fingerprint density at radius 3 is 2.35 bits per heavy atom. The molecule has 0 heterocycles. The van der Waals surface area contributed by atoms with Gasteiger partial charge in [0.05, 0.1) is 10.5 Å². The summed E-state index contributed by atoms with van der Waals surface area (Å²) >= 11 is 0. The summed E-state index contributed by atoms with van der Waals surface area (Å²) in [6.07, 6.45) is 0. The van der Waals surface area contributed by atoms with Gasteiger partial charge in [0, 0.05) is 12.6 Å². The molecule has 1 rings (SSSR count). The molecule has 0 bridgehead atoms. The monoisotopic (exact) mass is 298 g/mol. The summed E-state index contributed by atoms with van der Waals surface area (Å²) in [5, 5.41) is 8.80. The quantitative estimate of drug-likeness (QED) is 0.839. The number of nitriles is 1. The smallest absolute Gasteiger partial charge is 0.207 e. The minimum absolute atomic E-state index is 0.0511. The van der Waals surface area contributed by atoms with E-state index in [2.05, 4.69) is 0 Å². The average molecular weight is 298 g/mol. The van der Waals surface area contributed by atoms with Gasteiger partial charge in [0.25, 0.3) is 0 Å². The van der Waals surface area contributed by atoms with Gasteiger partial charge in [-0.2, -0.15) is 9.57 Å². The molecule has 20 heavy (non-hydrogen) atoms. The van der Waals surface area contributed by atoms with Crippen molar-refractivity contribution in [3.8, 4) is 6.07 Å². The Balaban J connectivity index is 3.30. The van der Waals surface area contributed by atoms with Crippen LogP contribution in [0.4, 0.5) is 4.39 Å². The Morgan fingerprint density at radius 1 is 1.30 bits per heavy atom. The molecule has 0 N–H and O–H groups in total. The first kappa shape index (κ1) is 16.6. The van der Waals surface area contributed by atoms with E-state index in [9.17, 15) is 12.8 Å². The van der Waals surface area contributed by atoms with Gasteiger partial charge in [-0.1, -0.05) is 13.8 Å². The fraction of sp³-hybridized carbons (Fsp3) is 0.500. The molecule has 1 aromatic carbocycles. The number of nitrogens with zero attached hydrogens (tertiary/aromatic N) is 2. The van der Waals surface area contributed by atoms with Crippen molar-refractivity contribution in [2.45, 2.75) is 38.6 Å². The largest absolute Gasteiger partial charge is 0.243 e. The fourth-order valence-corrected chi connectivity index (χ4v) is 3.66. The molecule has 4 nitrogen and oxygen atoms in total. The van der Waals surface area contributed by atoms with E-state index in [0.29, 0.717) is 6.54 Å². The highest BCUT2D eigenvalue weighted by Crippen LogP contribution is 2.21. The molecule has 0 aliphatic heterocycles. The zero-order valence-electron chi connectivity index (χ0n) is 12.1. The van der Waals surface area contributed by atoms with Crippen LogP contribution in [0.1, 0.15) is 33.3 Å². The first-order valence-electron chi connectivity index (χ1n) is 6.41. The van der Waals surface area contributed by atoms with E-state index in [1.165, 1.54) is 10.4 Å². The molecule has 0 amide bonds. The number of sulfonamides is 1. The van der Waals surface area contributed by atoms with E-state index in [1.54, 1.807) is 19.9 Å². The van der Waals surface area contributed by atoms with Crippen LogP contribution >= 0.6 is 0 Å². The molecule has 0 fully saturated rings. The molecule has 0 saturated carbocycles. The van der Waals surface area contributed by atoms with Crippen LogP contribution in [0.3, 0.4) is 0 Å². The molecule has 1 aromatic rings. The summed E-state index contributed by atoms with van der Waals surface area (Å²) in [7, 11) is -3.73. The molecule has 0 atom stereocenters. The topological polar surface area (TPSA) is 61.2 Å². The van der Waals surface area contributed by atoms with Crippen LogP contribution in [0.5, 0.6) is 0 Å². The van der Waals surface area contributed by atoms with Gasteiger partial charge >= 0.3 is 0 Å². The van der Waals surface area contributed by atoms with Crippen molar-refractivity contribution < 1.29 is 12.8 Å². The minimum Gasteiger partial charge on any atom is -0.207 e. The van der Waals surface area contributed by atoms with Gasteiger partial charge in [-0.15, -0.1) is 0 Å². The van der Waals surface area contributed by atoms with Gasteiger partial charge in [-0.25, -0.2) is 12.8 Å². The van der Waals surface area contributed by atoms with Crippen LogP contribution in [-0.4, -0.2) is 25.3 Å². The molecule has 0 spiro atoms. The lowest BCUT2D eigenvalue weighted by Crippen LogP contribution is -2.39. The summed E-state index contributed by atoms with van der Waals surface area (Å²) in [5.74, 6) is -0.547. The summed E-state index contributed by atoms with van der Waals surface area (Å²) < 4.78 is 39.8. The summed E-state index contributed by atoms with van der Waals surface area (Å²) in [4.78, 5) is -0.0511. The van der Waals surface area contributed by atoms with Gasteiger partial charge < -0.3 is 0 Å². The Labute approximate surface area is 119 Å². The number of hydrogen-bond acceptors (Lipinski definition) is 3. The minimum atomic E-state index is -3.73. The normalized spacial score (nSPS) is 12.2. The molecular weight excluding hydrogens is 279 g/mol. The standard InChI is InChI=1S/C14H19FN2O2S/c1-10(2)9-17(11(3)4)20(18,19)13-5-6-14(15)12(7-13)8-16/h5-7,10-11H,9H2,1-4H3. The lowest BCUT2D eigenvalue weighted by molar-refractivity contribution is 0.319. The predicted molar refractivity (Wildman–Crippen MR) is 75.0 cm³/mol. The molecule has 0 unspecified atom stereocenters. The SMILES string of the molecule is CC(C)CN(C(C)C)S(=O)(=O)c1ccc(F)c(C#N)c1. The highest BCUT2D eigenvalue weighted by atomic mass is 32.2. The maximum atomic E-state index is 13.3. The number of benzene rings is 1. The first-order chi connectivity index (χ1) is 9.20. The molecule has 0 radical (unpaired) electrons. The van der Waals surface area contributed by atoms with E-state index in [1.807, 2.05) is 13.8 Å². The molecule has 0 aromatic heterocycles. The van der Waals surface area contributed by atoms with Crippen LogP contribution in [0.2, 0.25) is 0 Å². The second kappa shape index (κ2) is 6.33. The van der Waals surface area contributed by atoms with Crippen LogP contribution in [-0.2, 0) is 10.0 Å². The van der Waals surface area contributed by atoms with Crippen LogP contribution in [0.15, 0.2) is 23.1 Å². The fourth-order valence-electron chi connectivity index (χ4n) is 1.83. The molecule has 0 aliphatic rings. The highest BCUT2D eigenvalue weighted by Gasteiger charge is 2.28. The van der Waals surface area contributed by atoms with Crippen molar-refractivity contribution in [2.75, 3.05) is 6.54 Å². The summed E-state index contributed by atoms with van der Waals surface area (Å²) in [6, 6.07) is 4.74. The second-order valence-electron chi connectivity index (χ2n) is 5.32. The lowest BCUT2D eigenvalue weighted by Gasteiger charge is -2.27. The third kappa shape index (κ3) is 3.56.